The topological polar surface area (TPSA) is 97.1 Å². The highest BCUT2D eigenvalue weighted by molar-refractivity contribution is 7.90. The normalized spacial score (nSPS) is 12.5. The molecule has 9 heteroatoms. The molecule has 2 aromatic heterocycles. The minimum atomic E-state index is -3.86. The summed E-state index contributed by atoms with van der Waals surface area (Å²) < 4.78 is 27.5. The van der Waals surface area contributed by atoms with Crippen molar-refractivity contribution >= 4 is 38.5 Å². The fourth-order valence-electron chi connectivity index (χ4n) is 2.71. The zero-order valence-electron chi connectivity index (χ0n) is 15.5. The van der Waals surface area contributed by atoms with Gasteiger partial charge in [-0.1, -0.05) is 17.7 Å². The Labute approximate surface area is 163 Å². The summed E-state index contributed by atoms with van der Waals surface area (Å²) in [6, 6.07) is 8.29. The Bertz CT molecular complexity index is 1100. The summed E-state index contributed by atoms with van der Waals surface area (Å²) in [5, 5.41) is 13.4. The molecule has 0 spiro atoms. The van der Waals surface area contributed by atoms with Gasteiger partial charge in [0.15, 0.2) is 5.65 Å². The smallest absolute Gasteiger partial charge is 0.269 e. The summed E-state index contributed by atoms with van der Waals surface area (Å²) in [6.07, 6.45) is 0. The molecule has 0 aliphatic heterocycles. The van der Waals surface area contributed by atoms with E-state index in [1.807, 2.05) is 6.92 Å². The van der Waals surface area contributed by atoms with Gasteiger partial charge < -0.3 is 10.4 Å². The molecule has 0 saturated carbocycles. The number of aromatic nitrogens is 3. The molecular weight excluding hydrogens is 388 g/mol. The lowest BCUT2D eigenvalue weighted by Gasteiger charge is -2.18. The van der Waals surface area contributed by atoms with E-state index in [0.29, 0.717) is 16.9 Å². The first-order chi connectivity index (χ1) is 12.5. The summed E-state index contributed by atoms with van der Waals surface area (Å²) in [6.45, 7) is 7.09. The van der Waals surface area contributed by atoms with Crippen LogP contribution in [0.1, 0.15) is 25.1 Å². The molecule has 0 amide bonds. The third-order valence-corrected chi connectivity index (χ3v) is 5.99. The van der Waals surface area contributed by atoms with E-state index in [2.05, 4.69) is 15.3 Å². The van der Waals surface area contributed by atoms with Crippen LogP contribution in [0.2, 0.25) is 5.28 Å². The highest BCUT2D eigenvalue weighted by atomic mass is 35.5. The Morgan fingerprint density at radius 3 is 2.41 bits per heavy atom. The quantitative estimate of drug-likeness (QED) is 0.629. The van der Waals surface area contributed by atoms with E-state index in [1.165, 1.54) is 0 Å². The number of hydrogen-bond acceptors (Lipinski definition) is 6. The predicted octanol–water partition coefficient (Wildman–Crippen LogP) is 3.12. The van der Waals surface area contributed by atoms with Crippen molar-refractivity contribution < 1.29 is 13.5 Å². The van der Waals surface area contributed by atoms with Crippen LogP contribution in [-0.4, -0.2) is 39.6 Å². The lowest BCUT2D eigenvalue weighted by Crippen LogP contribution is -2.29. The number of halogens is 1. The second-order valence-electron chi connectivity index (χ2n) is 7.11. The zero-order valence-corrected chi connectivity index (χ0v) is 17.1. The van der Waals surface area contributed by atoms with Crippen molar-refractivity contribution in [3.05, 3.63) is 46.9 Å². The largest absolute Gasteiger partial charge is 0.389 e. The first-order valence-corrected chi connectivity index (χ1v) is 10.1. The number of benzene rings is 1. The molecule has 0 unspecified atom stereocenters. The molecule has 0 atom stereocenters. The van der Waals surface area contributed by atoms with E-state index in [4.69, 9.17) is 11.6 Å². The lowest BCUT2D eigenvalue weighted by atomic mass is 10.1. The number of nitrogens with zero attached hydrogens (tertiary/aromatic N) is 3. The maximum atomic E-state index is 13.2. The fraction of sp³-hybridized carbons (Fsp3) is 0.333. The van der Waals surface area contributed by atoms with Crippen LogP contribution in [-0.2, 0) is 10.0 Å². The molecule has 0 aliphatic rings. The molecule has 0 saturated heterocycles. The molecule has 0 bridgehead atoms. The van der Waals surface area contributed by atoms with Crippen molar-refractivity contribution in [2.45, 2.75) is 38.2 Å². The highest BCUT2D eigenvalue weighted by Crippen LogP contribution is 2.29. The Morgan fingerprint density at radius 2 is 1.81 bits per heavy atom. The van der Waals surface area contributed by atoms with Gasteiger partial charge in [0.25, 0.3) is 10.0 Å². The second-order valence-corrected chi connectivity index (χ2v) is 9.24. The van der Waals surface area contributed by atoms with Crippen LogP contribution in [0.3, 0.4) is 0 Å². The Hall–Kier alpha value is -2.16. The average molecular weight is 409 g/mol. The molecule has 2 N–H and O–H groups in total. The fourth-order valence-corrected chi connectivity index (χ4v) is 4.36. The van der Waals surface area contributed by atoms with Gasteiger partial charge in [-0.25, -0.2) is 17.4 Å². The van der Waals surface area contributed by atoms with Gasteiger partial charge in [-0.3, -0.25) is 0 Å². The van der Waals surface area contributed by atoms with Crippen LogP contribution in [0.15, 0.2) is 35.2 Å². The standard InChI is InChI=1S/C18H21ClN4O3S/c1-11-5-7-13(8-6-11)27(25,26)23-12(2)9-14-15(20-10-18(3,4)24)21-17(19)22-16(14)23/h5-9,24H,10H2,1-4H3,(H,20,21,22). The van der Waals surface area contributed by atoms with Crippen LogP contribution in [0.4, 0.5) is 5.82 Å². The number of aryl methyl sites for hydroxylation is 2. The SMILES string of the molecule is Cc1ccc(S(=O)(=O)n2c(C)cc3c(NCC(C)(C)O)nc(Cl)nc32)cc1. The van der Waals surface area contributed by atoms with Gasteiger partial charge in [0, 0.05) is 12.2 Å². The van der Waals surface area contributed by atoms with E-state index in [-0.39, 0.29) is 22.4 Å². The summed E-state index contributed by atoms with van der Waals surface area (Å²) in [4.78, 5) is 8.46. The van der Waals surface area contributed by atoms with Crippen molar-refractivity contribution in [2.75, 3.05) is 11.9 Å². The van der Waals surface area contributed by atoms with Crippen molar-refractivity contribution in [1.29, 1.82) is 0 Å². The summed E-state index contributed by atoms with van der Waals surface area (Å²) in [5.74, 6) is 0.369. The average Bonchev–Trinajstić information content (AvgIpc) is 2.88. The van der Waals surface area contributed by atoms with Gasteiger partial charge >= 0.3 is 0 Å². The van der Waals surface area contributed by atoms with E-state index < -0.39 is 15.6 Å². The van der Waals surface area contributed by atoms with E-state index in [0.717, 1.165) is 9.54 Å². The maximum Gasteiger partial charge on any atom is 0.269 e. The van der Waals surface area contributed by atoms with E-state index >= 15 is 0 Å². The summed E-state index contributed by atoms with van der Waals surface area (Å²) in [7, 11) is -3.86. The van der Waals surface area contributed by atoms with Crippen molar-refractivity contribution in [2.24, 2.45) is 0 Å². The molecule has 27 heavy (non-hydrogen) atoms. The number of fused-ring (bicyclic) bond motifs is 1. The molecule has 0 fully saturated rings. The molecular formula is C18H21ClN4O3S. The Kier molecular flexibility index (Phi) is 4.92. The highest BCUT2D eigenvalue weighted by Gasteiger charge is 2.25. The number of hydrogen-bond donors (Lipinski definition) is 2. The number of aliphatic hydroxyl groups is 1. The van der Waals surface area contributed by atoms with Gasteiger partial charge in [-0.05, 0) is 57.5 Å². The van der Waals surface area contributed by atoms with Gasteiger partial charge in [0.2, 0.25) is 5.28 Å². The first-order valence-electron chi connectivity index (χ1n) is 8.33. The molecule has 2 heterocycles. The van der Waals surface area contributed by atoms with Crippen LogP contribution < -0.4 is 5.32 Å². The first kappa shape index (κ1) is 19.6. The van der Waals surface area contributed by atoms with Crippen LogP contribution >= 0.6 is 11.6 Å². The Morgan fingerprint density at radius 1 is 1.19 bits per heavy atom. The minimum absolute atomic E-state index is 0.0841. The summed E-state index contributed by atoms with van der Waals surface area (Å²) in [5.41, 5.74) is 0.654. The maximum absolute atomic E-state index is 13.2. The van der Waals surface area contributed by atoms with Crippen molar-refractivity contribution in [3.8, 4) is 0 Å². The van der Waals surface area contributed by atoms with Gasteiger partial charge in [0.1, 0.15) is 5.82 Å². The van der Waals surface area contributed by atoms with Gasteiger partial charge in [-0.15, -0.1) is 0 Å². The van der Waals surface area contributed by atoms with Crippen LogP contribution in [0.5, 0.6) is 0 Å². The zero-order chi connectivity index (χ0) is 20.0. The third kappa shape index (κ3) is 3.92. The molecule has 144 valence electrons. The molecule has 3 rings (SSSR count). The van der Waals surface area contributed by atoms with Gasteiger partial charge in [-0.2, -0.15) is 4.98 Å². The molecule has 3 aromatic rings. The van der Waals surface area contributed by atoms with E-state index in [1.54, 1.807) is 51.1 Å². The minimum Gasteiger partial charge on any atom is -0.389 e. The van der Waals surface area contributed by atoms with Crippen molar-refractivity contribution in [3.63, 3.8) is 0 Å². The Balaban J connectivity index is 2.18. The molecule has 1 aromatic carbocycles. The van der Waals surface area contributed by atoms with Gasteiger partial charge in [0.05, 0.1) is 15.9 Å². The summed E-state index contributed by atoms with van der Waals surface area (Å²) >= 11 is 6.04. The van der Waals surface area contributed by atoms with Crippen LogP contribution in [0.25, 0.3) is 11.0 Å². The number of nitrogens with one attached hydrogen (secondary N) is 1. The third-order valence-electron chi connectivity index (χ3n) is 4.01. The molecule has 0 aliphatic carbocycles. The molecule has 0 radical (unpaired) electrons. The number of rotatable bonds is 5. The molecule has 7 nitrogen and oxygen atoms in total. The number of anilines is 1. The predicted molar refractivity (Wildman–Crippen MR) is 106 cm³/mol. The lowest BCUT2D eigenvalue weighted by molar-refractivity contribution is 0.0944. The van der Waals surface area contributed by atoms with Crippen LogP contribution in [0, 0.1) is 13.8 Å². The van der Waals surface area contributed by atoms with E-state index in [9.17, 15) is 13.5 Å². The monoisotopic (exact) mass is 408 g/mol. The second kappa shape index (κ2) is 6.78. The van der Waals surface area contributed by atoms with Crippen molar-refractivity contribution in [1.82, 2.24) is 13.9 Å².